The quantitative estimate of drug-likeness (QED) is 0.648. The Morgan fingerprint density at radius 1 is 1.12 bits per heavy atom. The van der Waals surface area contributed by atoms with Gasteiger partial charge in [-0.2, -0.15) is 13.2 Å². The van der Waals surface area contributed by atoms with Gasteiger partial charge in [0.15, 0.2) is 0 Å². The lowest BCUT2D eigenvalue weighted by Crippen LogP contribution is -2.12. The van der Waals surface area contributed by atoms with Crippen LogP contribution >= 0.6 is 22.9 Å². The summed E-state index contributed by atoms with van der Waals surface area (Å²) in [5, 5.41) is 2.15. The van der Waals surface area contributed by atoms with E-state index in [1.165, 1.54) is 34.3 Å². The van der Waals surface area contributed by atoms with Gasteiger partial charge in [0.2, 0.25) is 0 Å². The van der Waals surface area contributed by atoms with Crippen LogP contribution in [-0.4, -0.2) is 5.91 Å². The Morgan fingerprint density at radius 3 is 2.62 bits per heavy atom. The highest BCUT2D eigenvalue weighted by Gasteiger charge is 2.33. The molecule has 7 heteroatoms. The zero-order valence-electron chi connectivity index (χ0n) is 12.7. The van der Waals surface area contributed by atoms with Crippen LogP contribution in [0.5, 0.6) is 0 Å². The minimum Gasteiger partial charge on any atom is -0.321 e. The number of halogens is 4. The number of hydrogen-bond donors (Lipinski definition) is 1. The van der Waals surface area contributed by atoms with Crippen molar-refractivity contribution in [1.82, 2.24) is 0 Å². The Labute approximate surface area is 146 Å². The summed E-state index contributed by atoms with van der Waals surface area (Å²) in [5.41, 5.74) is 0.319. The SMILES string of the molecule is O=C(Nc1ccc(Cl)c(C(F)(F)F)c1)c1cc2c(s1)CCCCC2. The monoisotopic (exact) mass is 373 g/mol. The molecule has 2 nitrogen and oxygen atoms in total. The van der Waals surface area contributed by atoms with Crippen LogP contribution in [0.2, 0.25) is 5.02 Å². The maximum atomic E-state index is 12.9. The lowest BCUT2D eigenvalue weighted by molar-refractivity contribution is -0.137. The zero-order chi connectivity index (χ0) is 17.3. The van der Waals surface area contributed by atoms with Gasteiger partial charge >= 0.3 is 6.18 Å². The minimum atomic E-state index is -4.56. The third-order valence-electron chi connectivity index (χ3n) is 4.00. The summed E-state index contributed by atoms with van der Waals surface area (Å²) >= 11 is 7.02. The number of anilines is 1. The van der Waals surface area contributed by atoms with Crippen molar-refractivity contribution >= 4 is 34.5 Å². The van der Waals surface area contributed by atoms with Crippen molar-refractivity contribution in [1.29, 1.82) is 0 Å². The molecule has 1 amide bonds. The van der Waals surface area contributed by atoms with Gasteiger partial charge < -0.3 is 5.32 Å². The van der Waals surface area contributed by atoms with E-state index >= 15 is 0 Å². The largest absolute Gasteiger partial charge is 0.417 e. The predicted molar refractivity (Wildman–Crippen MR) is 90.0 cm³/mol. The third kappa shape index (κ3) is 3.75. The fourth-order valence-corrected chi connectivity index (χ4v) is 4.17. The number of alkyl halides is 3. The van der Waals surface area contributed by atoms with E-state index in [-0.39, 0.29) is 16.6 Å². The summed E-state index contributed by atoms with van der Waals surface area (Å²) in [6.07, 6.45) is 0.772. The van der Waals surface area contributed by atoms with Gasteiger partial charge in [0.1, 0.15) is 0 Å². The number of hydrogen-bond acceptors (Lipinski definition) is 2. The molecule has 0 fully saturated rings. The lowest BCUT2D eigenvalue weighted by Gasteiger charge is -2.11. The fraction of sp³-hybridized carbons (Fsp3) is 0.353. The van der Waals surface area contributed by atoms with Crippen LogP contribution in [0, 0.1) is 0 Å². The zero-order valence-corrected chi connectivity index (χ0v) is 14.2. The standard InChI is InChI=1S/C17H15ClF3NOS/c18-13-7-6-11(9-12(13)17(19,20)21)22-16(23)15-8-10-4-2-1-3-5-14(10)24-15/h6-9H,1-5H2,(H,22,23). The van der Waals surface area contributed by atoms with E-state index in [0.29, 0.717) is 4.88 Å². The predicted octanol–water partition coefficient (Wildman–Crippen LogP) is 5.94. The molecule has 1 aromatic carbocycles. The second kappa shape index (κ2) is 6.76. The molecule has 0 bridgehead atoms. The molecule has 1 N–H and O–H groups in total. The van der Waals surface area contributed by atoms with E-state index in [2.05, 4.69) is 5.32 Å². The Kier molecular flexibility index (Phi) is 4.88. The van der Waals surface area contributed by atoms with Gasteiger partial charge in [-0.3, -0.25) is 4.79 Å². The Bertz CT molecular complexity index is 746. The number of benzene rings is 1. The topological polar surface area (TPSA) is 29.1 Å². The number of thiophene rings is 1. The first-order valence-corrected chi connectivity index (χ1v) is 8.84. The molecule has 0 saturated heterocycles. The lowest BCUT2D eigenvalue weighted by atomic mass is 10.1. The van der Waals surface area contributed by atoms with Gasteiger partial charge in [-0.05, 0) is 55.5 Å². The van der Waals surface area contributed by atoms with Crippen molar-refractivity contribution in [3.8, 4) is 0 Å². The summed E-state index contributed by atoms with van der Waals surface area (Å²) in [5.74, 6) is -0.386. The number of carbonyl (C=O) groups excluding carboxylic acids is 1. The van der Waals surface area contributed by atoms with Crippen LogP contribution < -0.4 is 5.32 Å². The van der Waals surface area contributed by atoms with Crippen LogP contribution in [-0.2, 0) is 19.0 Å². The fourth-order valence-electron chi connectivity index (χ4n) is 2.79. The van der Waals surface area contributed by atoms with E-state index in [1.54, 1.807) is 0 Å². The molecule has 2 aromatic rings. The van der Waals surface area contributed by atoms with E-state index in [9.17, 15) is 18.0 Å². The smallest absolute Gasteiger partial charge is 0.321 e. The molecule has 0 atom stereocenters. The van der Waals surface area contributed by atoms with Gasteiger partial charge in [0.25, 0.3) is 5.91 Å². The number of aryl methyl sites for hydroxylation is 2. The molecule has 1 aliphatic carbocycles. The highest BCUT2D eigenvalue weighted by atomic mass is 35.5. The van der Waals surface area contributed by atoms with Crippen LogP contribution in [0.25, 0.3) is 0 Å². The second-order valence-corrected chi connectivity index (χ2v) is 7.31. The maximum Gasteiger partial charge on any atom is 0.417 e. The van der Waals surface area contributed by atoms with Gasteiger partial charge in [-0.25, -0.2) is 0 Å². The summed E-state index contributed by atoms with van der Waals surface area (Å²) in [7, 11) is 0. The van der Waals surface area contributed by atoms with Crippen molar-refractivity contribution in [3.05, 3.63) is 50.2 Å². The number of carbonyl (C=O) groups is 1. The first-order chi connectivity index (χ1) is 11.3. The Balaban J connectivity index is 1.80. The number of rotatable bonds is 2. The highest BCUT2D eigenvalue weighted by Crippen LogP contribution is 2.36. The van der Waals surface area contributed by atoms with Crippen molar-refractivity contribution in [3.63, 3.8) is 0 Å². The van der Waals surface area contributed by atoms with Crippen molar-refractivity contribution in [2.24, 2.45) is 0 Å². The summed E-state index contributed by atoms with van der Waals surface area (Å²) in [6, 6.07) is 5.23. The number of amides is 1. The molecule has 1 aliphatic rings. The summed E-state index contributed by atoms with van der Waals surface area (Å²) in [4.78, 5) is 14.1. The molecular formula is C17H15ClF3NOS. The Hall–Kier alpha value is -1.53. The normalized spacial score (nSPS) is 14.8. The van der Waals surface area contributed by atoms with E-state index in [0.717, 1.165) is 37.8 Å². The minimum absolute atomic E-state index is 0.0836. The van der Waals surface area contributed by atoms with E-state index in [1.807, 2.05) is 6.07 Å². The van der Waals surface area contributed by atoms with Crippen LogP contribution in [0.15, 0.2) is 24.3 Å². The Morgan fingerprint density at radius 2 is 1.88 bits per heavy atom. The molecule has 1 aromatic heterocycles. The molecule has 24 heavy (non-hydrogen) atoms. The molecular weight excluding hydrogens is 359 g/mol. The maximum absolute atomic E-state index is 12.9. The third-order valence-corrected chi connectivity index (χ3v) is 5.57. The van der Waals surface area contributed by atoms with Crippen molar-refractivity contribution in [2.45, 2.75) is 38.3 Å². The van der Waals surface area contributed by atoms with Gasteiger partial charge in [-0.15, -0.1) is 11.3 Å². The second-order valence-electron chi connectivity index (χ2n) is 5.77. The highest BCUT2D eigenvalue weighted by molar-refractivity contribution is 7.14. The first-order valence-electron chi connectivity index (χ1n) is 7.64. The number of nitrogens with one attached hydrogen (secondary N) is 1. The summed E-state index contributed by atoms with van der Waals surface area (Å²) in [6.45, 7) is 0. The molecule has 0 aliphatic heterocycles. The van der Waals surface area contributed by atoms with Crippen molar-refractivity contribution < 1.29 is 18.0 Å². The van der Waals surface area contributed by atoms with Crippen LogP contribution in [0.3, 0.4) is 0 Å². The average molecular weight is 374 g/mol. The molecule has 0 radical (unpaired) electrons. The average Bonchev–Trinajstić information content (AvgIpc) is 2.79. The van der Waals surface area contributed by atoms with Crippen LogP contribution in [0.4, 0.5) is 18.9 Å². The van der Waals surface area contributed by atoms with Gasteiger partial charge in [-0.1, -0.05) is 18.0 Å². The van der Waals surface area contributed by atoms with Gasteiger partial charge in [0, 0.05) is 10.6 Å². The molecule has 0 spiro atoms. The number of fused-ring (bicyclic) bond motifs is 1. The van der Waals surface area contributed by atoms with E-state index in [4.69, 9.17) is 11.6 Å². The summed E-state index contributed by atoms with van der Waals surface area (Å²) < 4.78 is 38.7. The molecule has 1 heterocycles. The molecule has 0 saturated carbocycles. The first kappa shape index (κ1) is 17.3. The molecule has 128 valence electrons. The van der Waals surface area contributed by atoms with E-state index < -0.39 is 11.7 Å². The van der Waals surface area contributed by atoms with Crippen LogP contribution in [0.1, 0.15) is 44.9 Å². The van der Waals surface area contributed by atoms with Gasteiger partial charge in [0.05, 0.1) is 15.5 Å². The molecule has 0 unspecified atom stereocenters. The molecule has 3 rings (SSSR count). The van der Waals surface area contributed by atoms with Crippen molar-refractivity contribution in [2.75, 3.05) is 5.32 Å².